The van der Waals surface area contributed by atoms with Crippen LogP contribution < -0.4 is 5.32 Å². The molecule has 16 heavy (non-hydrogen) atoms. The van der Waals surface area contributed by atoms with Gasteiger partial charge in [0.15, 0.2) is 5.76 Å². The fraction of sp³-hybridized carbons (Fsp3) is 0.600. The van der Waals surface area contributed by atoms with Gasteiger partial charge in [-0.15, -0.1) is 0 Å². The summed E-state index contributed by atoms with van der Waals surface area (Å²) >= 11 is 0. The second kappa shape index (κ2) is 5.09. The summed E-state index contributed by atoms with van der Waals surface area (Å²) in [6.45, 7) is 2.00. The van der Waals surface area contributed by atoms with Crippen molar-refractivity contribution < 1.29 is 14.1 Å². The second-order valence-corrected chi connectivity index (χ2v) is 3.65. The van der Waals surface area contributed by atoms with Gasteiger partial charge in [-0.05, 0) is 7.05 Å². The van der Waals surface area contributed by atoms with Gasteiger partial charge in [0, 0.05) is 12.6 Å². The molecule has 1 unspecified atom stereocenters. The van der Waals surface area contributed by atoms with Crippen molar-refractivity contribution >= 4 is 5.91 Å². The van der Waals surface area contributed by atoms with Gasteiger partial charge >= 0.3 is 0 Å². The lowest BCUT2D eigenvalue weighted by Gasteiger charge is -2.21. The van der Waals surface area contributed by atoms with Crippen molar-refractivity contribution in [3.63, 3.8) is 0 Å². The Labute approximate surface area is 93.5 Å². The summed E-state index contributed by atoms with van der Waals surface area (Å²) in [5.41, 5.74) is 0. The first-order chi connectivity index (χ1) is 7.81. The number of ether oxygens (including phenoxy) is 1. The molecule has 0 saturated carbocycles. The van der Waals surface area contributed by atoms with Gasteiger partial charge in [-0.3, -0.25) is 4.79 Å². The monoisotopic (exact) mass is 225 g/mol. The lowest BCUT2D eigenvalue weighted by Crippen LogP contribution is -2.45. The minimum Gasteiger partial charge on any atom is -0.377 e. The summed E-state index contributed by atoms with van der Waals surface area (Å²) in [4.78, 5) is 13.7. The van der Waals surface area contributed by atoms with Gasteiger partial charge in [-0.1, -0.05) is 5.16 Å². The minimum absolute atomic E-state index is 0.0383. The van der Waals surface area contributed by atoms with Crippen LogP contribution in [0.25, 0.3) is 0 Å². The maximum atomic E-state index is 12.0. The van der Waals surface area contributed by atoms with E-state index in [0.29, 0.717) is 32.1 Å². The molecule has 88 valence electrons. The van der Waals surface area contributed by atoms with Crippen LogP contribution in [0, 0.1) is 0 Å². The first-order valence-electron chi connectivity index (χ1n) is 5.24. The molecule has 1 fully saturated rings. The summed E-state index contributed by atoms with van der Waals surface area (Å²) in [6.07, 6.45) is 1.57. The zero-order valence-corrected chi connectivity index (χ0v) is 9.18. The van der Waals surface area contributed by atoms with E-state index in [4.69, 9.17) is 9.26 Å². The highest BCUT2D eigenvalue weighted by molar-refractivity contribution is 5.82. The molecule has 1 aliphatic heterocycles. The Balaban J connectivity index is 2.04. The average Bonchev–Trinajstić information content (AvgIpc) is 2.73. The number of rotatable bonds is 3. The molecule has 0 aromatic carbocycles. The van der Waals surface area contributed by atoms with E-state index in [0.717, 1.165) is 0 Å². The van der Waals surface area contributed by atoms with E-state index in [1.165, 1.54) is 0 Å². The number of nitrogens with one attached hydrogen (secondary N) is 1. The molecule has 1 saturated heterocycles. The van der Waals surface area contributed by atoms with E-state index in [9.17, 15) is 4.79 Å². The first kappa shape index (κ1) is 11.1. The van der Waals surface area contributed by atoms with Crippen LogP contribution in [0.3, 0.4) is 0 Å². The zero-order valence-electron chi connectivity index (χ0n) is 9.18. The first-order valence-corrected chi connectivity index (χ1v) is 5.24. The standard InChI is InChI=1S/C10H15N3O3/c1-11-9-7-15-5-4-13(10(9)14)6-8-2-3-12-16-8/h2-3,9,11H,4-7H2,1H3. The molecular formula is C10H15N3O3. The quantitative estimate of drug-likeness (QED) is 0.759. The van der Waals surface area contributed by atoms with E-state index in [1.807, 2.05) is 0 Å². The Bertz CT molecular complexity index is 339. The predicted octanol–water partition coefficient (Wildman–Crippen LogP) is -0.379. The normalized spacial score (nSPS) is 22.2. The van der Waals surface area contributed by atoms with E-state index in [-0.39, 0.29) is 11.9 Å². The smallest absolute Gasteiger partial charge is 0.242 e. The number of carbonyl (C=O) groups is 1. The molecule has 2 rings (SSSR count). The van der Waals surface area contributed by atoms with Gasteiger partial charge in [0.2, 0.25) is 5.91 Å². The van der Waals surface area contributed by atoms with E-state index in [2.05, 4.69) is 10.5 Å². The van der Waals surface area contributed by atoms with Gasteiger partial charge < -0.3 is 19.5 Å². The summed E-state index contributed by atoms with van der Waals surface area (Å²) in [5, 5.41) is 6.56. The van der Waals surface area contributed by atoms with Crippen molar-refractivity contribution in [2.24, 2.45) is 0 Å². The number of hydrogen-bond acceptors (Lipinski definition) is 5. The number of amides is 1. The van der Waals surface area contributed by atoms with Crippen molar-refractivity contribution in [2.45, 2.75) is 12.6 Å². The highest BCUT2D eigenvalue weighted by Gasteiger charge is 2.26. The number of nitrogens with zero attached hydrogens (tertiary/aromatic N) is 2. The molecule has 0 bridgehead atoms. The summed E-state index contributed by atoms with van der Waals surface area (Å²) in [7, 11) is 1.75. The van der Waals surface area contributed by atoms with Gasteiger partial charge in [-0.2, -0.15) is 0 Å². The molecule has 1 aromatic heterocycles. The molecule has 2 heterocycles. The molecular weight excluding hydrogens is 210 g/mol. The van der Waals surface area contributed by atoms with Gasteiger partial charge in [-0.25, -0.2) is 0 Å². The van der Waals surface area contributed by atoms with Crippen molar-refractivity contribution in [1.29, 1.82) is 0 Å². The van der Waals surface area contributed by atoms with E-state index < -0.39 is 0 Å². The Hall–Kier alpha value is -1.40. The molecule has 0 aliphatic carbocycles. The van der Waals surface area contributed by atoms with E-state index in [1.54, 1.807) is 24.2 Å². The Morgan fingerprint density at radius 2 is 2.56 bits per heavy atom. The summed E-state index contributed by atoms with van der Waals surface area (Å²) in [6, 6.07) is 1.48. The van der Waals surface area contributed by atoms with Gasteiger partial charge in [0.05, 0.1) is 26.0 Å². The summed E-state index contributed by atoms with van der Waals surface area (Å²) in [5.74, 6) is 0.724. The molecule has 6 nitrogen and oxygen atoms in total. The van der Waals surface area contributed by atoms with Crippen LogP contribution in [0.2, 0.25) is 0 Å². The van der Waals surface area contributed by atoms with Crippen LogP contribution in [0.5, 0.6) is 0 Å². The molecule has 1 aliphatic rings. The second-order valence-electron chi connectivity index (χ2n) is 3.65. The third-order valence-corrected chi connectivity index (χ3v) is 2.59. The Morgan fingerprint density at radius 1 is 1.69 bits per heavy atom. The minimum atomic E-state index is -0.273. The molecule has 1 aromatic rings. The third-order valence-electron chi connectivity index (χ3n) is 2.59. The SMILES string of the molecule is CNC1COCCN(Cc2ccno2)C1=O. The Morgan fingerprint density at radius 3 is 3.25 bits per heavy atom. The predicted molar refractivity (Wildman–Crippen MR) is 55.6 cm³/mol. The van der Waals surface area contributed by atoms with Crippen LogP contribution in [-0.2, 0) is 16.1 Å². The lowest BCUT2D eigenvalue weighted by atomic mass is 10.2. The molecule has 1 atom stereocenters. The highest BCUT2D eigenvalue weighted by atomic mass is 16.5. The maximum Gasteiger partial charge on any atom is 0.242 e. The number of aromatic nitrogens is 1. The van der Waals surface area contributed by atoms with Crippen LogP contribution in [0.15, 0.2) is 16.8 Å². The summed E-state index contributed by atoms with van der Waals surface area (Å²) < 4.78 is 10.3. The maximum absolute atomic E-state index is 12.0. The molecule has 0 spiro atoms. The van der Waals surface area contributed by atoms with Gasteiger partial charge in [0.25, 0.3) is 0 Å². The lowest BCUT2D eigenvalue weighted by molar-refractivity contribution is -0.133. The van der Waals surface area contributed by atoms with Crippen LogP contribution >= 0.6 is 0 Å². The molecule has 6 heteroatoms. The van der Waals surface area contributed by atoms with Crippen molar-refractivity contribution in [3.05, 3.63) is 18.0 Å². The average molecular weight is 225 g/mol. The van der Waals surface area contributed by atoms with E-state index >= 15 is 0 Å². The highest BCUT2D eigenvalue weighted by Crippen LogP contribution is 2.08. The third kappa shape index (κ3) is 2.40. The van der Waals surface area contributed by atoms with Crippen molar-refractivity contribution in [3.8, 4) is 0 Å². The molecule has 1 amide bonds. The largest absolute Gasteiger partial charge is 0.377 e. The molecule has 1 N–H and O–H groups in total. The number of hydrogen-bond donors (Lipinski definition) is 1. The van der Waals surface area contributed by atoms with Crippen molar-refractivity contribution in [2.75, 3.05) is 26.8 Å². The van der Waals surface area contributed by atoms with Crippen LogP contribution in [-0.4, -0.2) is 48.8 Å². The molecule has 0 radical (unpaired) electrons. The fourth-order valence-corrected chi connectivity index (χ4v) is 1.65. The van der Waals surface area contributed by atoms with Crippen molar-refractivity contribution in [1.82, 2.24) is 15.4 Å². The Kier molecular flexibility index (Phi) is 3.53. The van der Waals surface area contributed by atoms with Crippen LogP contribution in [0.1, 0.15) is 5.76 Å². The van der Waals surface area contributed by atoms with Gasteiger partial charge in [0.1, 0.15) is 6.04 Å². The number of likely N-dealkylation sites (N-methyl/N-ethyl adjacent to an activating group) is 1. The zero-order chi connectivity index (χ0) is 11.4. The van der Waals surface area contributed by atoms with Crippen LogP contribution in [0.4, 0.5) is 0 Å². The topological polar surface area (TPSA) is 67.6 Å². The fourth-order valence-electron chi connectivity index (χ4n) is 1.65. The number of carbonyl (C=O) groups excluding carboxylic acids is 1.